The molecular formula is C24H30N2. The van der Waals surface area contributed by atoms with Crippen molar-refractivity contribution in [1.29, 1.82) is 0 Å². The van der Waals surface area contributed by atoms with Gasteiger partial charge < -0.3 is 9.80 Å². The van der Waals surface area contributed by atoms with E-state index in [9.17, 15) is 0 Å². The van der Waals surface area contributed by atoms with E-state index in [-0.39, 0.29) is 0 Å². The van der Waals surface area contributed by atoms with E-state index in [1.165, 1.54) is 43.7 Å². The highest BCUT2D eigenvalue weighted by atomic mass is 15.2. The summed E-state index contributed by atoms with van der Waals surface area (Å²) in [7, 11) is 0. The zero-order valence-corrected chi connectivity index (χ0v) is 16.3. The Bertz CT molecular complexity index is 832. The summed E-state index contributed by atoms with van der Waals surface area (Å²) >= 11 is 0. The Kier molecular flexibility index (Phi) is 3.69. The number of hydrogen-bond acceptors (Lipinski definition) is 2. The van der Waals surface area contributed by atoms with Crippen molar-refractivity contribution in [3.05, 3.63) is 59.2 Å². The van der Waals surface area contributed by atoms with Crippen LogP contribution in [0.1, 0.15) is 49.8 Å². The lowest BCUT2D eigenvalue weighted by Crippen LogP contribution is -2.47. The minimum Gasteiger partial charge on any atom is -0.337 e. The van der Waals surface area contributed by atoms with Crippen LogP contribution in [-0.4, -0.2) is 30.6 Å². The fraction of sp³-hybridized carbons (Fsp3) is 0.500. The number of aryl methyl sites for hydroxylation is 2. The topological polar surface area (TPSA) is 6.48 Å². The Hall–Kier alpha value is -1.80. The van der Waals surface area contributed by atoms with Gasteiger partial charge in [0.25, 0.3) is 0 Å². The predicted octanol–water partition coefficient (Wildman–Crippen LogP) is 5.14. The van der Waals surface area contributed by atoms with Crippen LogP contribution in [-0.2, 0) is 12.8 Å². The molecule has 0 aromatic heterocycles. The van der Waals surface area contributed by atoms with Gasteiger partial charge in [-0.3, -0.25) is 0 Å². The summed E-state index contributed by atoms with van der Waals surface area (Å²) in [6, 6.07) is 16.8. The van der Waals surface area contributed by atoms with Gasteiger partial charge in [-0.1, -0.05) is 57.2 Å². The Morgan fingerprint density at radius 1 is 0.962 bits per heavy atom. The van der Waals surface area contributed by atoms with Gasteiger partial charge in [0.15, 0.2) is 0 Å². The van der Waals surface area contributed by atoms with Crippen molar-refractivity contribution in [2.45, 2.75) is 52.0 Å². The van der Waals surface area contributed by atoms with Crippen molar-refractivity contribution in [2.24, 2.45) is 5.41 Å². The number of piperidine rings is 1. The maximum Gasteiger partial charge on any atom is 0.0483 e. The minimum absolute atomic E-state index is 0.369. The van der Waals surface area contributed by atoms with E-state index in [4.69, 9.17) is 0 Å². The molecule has 26 heavy (non-hydrogen) atoms. The van der Waals surface area contributed by atoms with Gasteiger partial charge in [-0.2, -0.15) is 0 Å². The van der Waals surface area contributed by atoms with E-state index >= 15 is 0 Å². The van der Waals surface area contributed by atoms with E-state index in [2.05, 4.69) is 73.0 Å². The lowest BCUT2D eigenvalue weighted by atomic mass is 9.86. The summed E-state index contributed by atoms with van der Waals surface area (Å²) in [5, 5.41) is 0. The molecule has 2 unspecified atom stereocenters. The van der Waals surface area contributed by atoms with Crippen LogP contribution >= 0.6 is 0 Å². The SMILES string of the molecule is CC(C)(C)CN1CCC2C(C1)c1cccc3c1N2c1ccccc1CC3. The van der Waals surface area contributed by atoms with Crippen molar-refractivity contribution in [3.8, 4) is 0 Å². The second-order valence-electron chi connectivity index (χ2n) is 9.61. The molecule has 1 saturated heterocycles. The van der Waals surface area contributed by atoms with Gasteiger partial charge in [-0.25, -0.2) is 0 Å². The molecule has 2 heteroatoms. The average molecular weight is 347 g/mol. The molecule has 1 fully saturated rings. The quantitative estimate of drug-likeness (QED) is 0.705. The molecule has 0 N–H and O–H groups in total. The zero-order valence-electron chi connectivity index (χ0n) is 16.3. The molecule has 3 aliphatic rings. The van der Waals surface area contributed by atoms with Crippen molar-refractivity contribution >= 4 is 11.4 Å². The fourth-order valence-electron chi connectivity index (χ4n) is 5.53. The molecule has 5 rings (SSSR count). The van der Waals surface area contributed by atoms with E-state index < -0.39 is 0 Å². The number of benzene rings is 2. The number of rotatable bonds is 1. The lowest BCUT2D eigenvalue weighted by Gasteiger charge is -2.41. The number of anilines is 2. The summed E-state index contributed by atoms with van der Waals surface area (Å²) in [6.07, 6.45) is 3.60. The standard InChI is InChI=1S/C24H30N2/c1-24(2,3)16-25-14-13-22-20(15-25)19-9-6-8-18-12-11-17-7-4-5-10-21(17)26(22)23(18)19/h4-10,20,22H,11-16H2,1-3H3. The maximum absolute atomic E-state index is 2.73. The second-order valence-corrected chi connectivity index (χ2v) is 9.61. The Balaban J connectivity index is 1.58. The van der Waals surface area contributed by atoms with E-state index in [1.807, 2.05) is 0 Å². The number of para-hydroxylation sites is 2. The molecule has 136 valence electrons. The van der Waals surface area contributed by atoms with Crippen LogP contribution in [0.5, 0.6) is 0 Å². The van der Waals surface area contributed by atoms with Crippen molar-refractivity contribution in [3.63, 3.8) is 0 Å². The third-order valence-electron chi connectivity index (χ3n) is 6.40. The first-order valence-corrected chi connectivity index (χ1v) is 10.2. The molecular weight excluding hydrogens is 316 g/mol. The first-order chi connectivity index (χ1) is 12.5. The average Bonchev–Trinajstić information content (AvgIpc) is 2.82. The molecule has 0 amide bonds. The van der Waals surface area contributed by atoms with Crippen LogP contribution in [0, 0.1) is 5.41 Å². The number of fused-ring (bicyclic) bond motifs is 5. The molecule has 3 aliphatic heterocycles. The summed E-state index contributed by atoms with van der Waals surface area (Å²) in [6.45, 7) is 10.7. The van der Waals surface area contributed by atoms with Gasteiger partial charge in [0.2, 0.25) is 0 Å². The van der Waals surface area contributed by atoms with Gasteiger partial charge >= 0.3 is 0 Å². The monoisotopic (exact) mass is 346 g/mol. The van der Waals surface area contributed by atoms with Crippen LogP contribution in [0.2, 0.25) is 0 Å². The van der Waals surface area contributed by atoms with Crippen molar-refractivity contribution in [1.82, 2.24) is 4.90 Å². The zero-order chi connectivity index (χ0) is 17.9. The van der Waals surface area contributed by atoms with Crippen molar-refractivity contribution < 1.29 is 0 Å². The number of nitrogens with zero attached hydrogens (tertiary/aromatic N) is 2. The normalized spacial score (nSPS) is 24.7. The van der Waals surface area contributed by atoms with Crippen LogP contribution in [0.25, 0.3) is 0 Å². The Morgan fingerprint density at radius 3 is 2.58 bits per heavy atom. The molecule has 2 aromatic rings. The summed E-state index contributed by atoms with van der Waals surface area (Å²) in [5.41, 5.74) is 8.06. The molecule has 0 radical (unpaired) electrons. The molecule has 0 spiro atoms. The molecule has 2 atom stereocenters. The number of likely N-dealkylation sites (tertiary alicyclic amines) is 1. The molecule has 0 aliphatic carbocycles. The van der Waals surface area contributed by atoms with Crippen LogP contribution in [0.3, 0.4) is 0 Å². The Labute approximate surface area is 157 Å². The highest BCUT2D eigenvalue weighted by Crippen LogP contribution is 2.52. The lowest BCUT2D eigenvalue weighted by molar-refractivity contribution is 0.144. The smallest absolute Gasteiger partial charge is 0.0483 e. The van der Waals surface area contributed by atoms with Gasteiger partial charge in [0, 0.05) is 43.0 Å². The first kappa shape index (κ1) is 16.4. The maximum atomic E-state index is 2.73. The summed E-state index contributed by atoms with van der Waals surface area (Å²) < 4.78 is 0. The fourth-order valence-corrected chi connectivity index (χ4v) is 5.53. The van der Waals surface area contributed by atoms with Gasteiger partial charge in [-0.15, -0.1) is 0 Å². The minimum atomic E-state index is 0.369. The van der Waals surface area contributed by atoms with E-state index in [0.29, 0.717) is 17.4 Å². The number of hydrogen-bond donors (Lipinski definition) is 0. The van der Waals surface area contributed by atoms with Gasteiger partial charge in [-0.05, 0) is 47.4 Å². The highest BCUT2D eigenvalue weighted by Gasteiger charge is 2.44. The molecule has 2 nitrogen and oxygen atoms in total. The van der Waals surface area contributed by atoms with Crippen LogP contribution in [0.4, 0.5) is 11.4 Å². The third kappa shape index (κ3) is 2.58. The molecule has 3 heterocycles. The third-order valence-corrected chi connectivity index (χ3v) is 6.40. The highest BCUT2D eigenvalue weighted by molar-refractivity contribution is 5.79. The van der Waals surface area contributed by atoms with Crippen molar-refractivity contribution in [2.75, 3.05) is 24.5 Å². The van der Waals surface area contributed by atoms with E-state index in [1.54, 1.807) is 16.8 Å². The second kappa shape index (κ2) is 5.85. The molecule has 0 saturated carbocycles. The van der Waals surface area contributed by atoms with Gasteiger partial charge in [0.1, 0.15) is 0 Å². The summed E-state index contributed by atoms with van der Waals surface area (Å²) in [5.74, 6) is 0.646. The summed E-state index contributed by atoms with van der Waals surface area (Å²) in [4.78, 5) is 5.44. The largest absolute Gasteiger partial charge is 0.337 e. The molecule has 0 bridgehead atoms. The predicted molar refractivity (Wildman–Crippen MR) is 109 cm³/mol. The van der Waals surface area contributed by atoms with Gasteiger partial charge in [0.05, 0.1) is 0 Å². The molecule has 2 aromatic carbocycles. The van der Waals surface area contributed by atoms with Crippen LogP contribution < -0.4 is 4.90 Å². The van der Waals surface area contributed by atoms with Crippen LogP contribution in [0.15, 0.2) is 42.5 Å². The first-order valence-electron chi connectivity index (χ1n) is 10.2. The Morgan fingerprint density at radius 2 is 1.73 bits per heavy atom. The van der Waals surface area contributed by atoms with E-state index in [0.717, 1.165) is 6.42 Å².